The van der Waals surface area contributed by atoms with Crippen LogP contribution >= 0.6 is 17.9 Å². The Morgan fingerprint density at radius 1 is 0.690 bits per heavy atom. The molecule has 0 aliphatic carbocycles. The van der Waals surface area contributed by atoms with Crippen molar-refractivity contribution < 1.29 is 30.9 Å². The van der Waals surface area contributed by atoms with E-state index in [1.165, 1.54) is 108 Å². The summed E-state index contributed by atoms with van der Waals surface area (Å²) < 4.78 is 6.54. The maximum Gasteiger partial charge on any atom is 0.241 e. The fraction of sp³-hybridized carbons (Fsp3) is 1.00. The molecule has 0 spiro atoms. The van der Waals surface area contributed by atoms with Crippen LogP contribution in [0.15, 0.2) is 0 Å². The molecule has 1 unspecified atom stereocenters. The van der Waals surface area contributed by atoms with E-state index in [-0.39, 0.29) is 17.0 Å². The van der Waals surface area contributed by atoms with Gasteiger partial charge in [0, 0.05) is 0 Å². The van der Waals surface area contributed by atoms with Gasteiger partial charge in [-0.1, -0.05) is 84.4 Å². The van der Waals surface area contributed by atoms with Gasteiger partial charge in [0.2, 0.25) is 5.69 Å². The van der Waals surface area contributed by atoms with E-state index < -0.39 is 5.69 Å². The van der Waals surface area contributed by atoms with Gasteiger partial charge in [0.05, 0.1) is 32.8 Å². The fourth-order valence-electron chi connectivity index (χ4n) is 3.94. The van der Waals surface area contributed by atoms with Crippen molar-refractivity contribution in [2.24, 2.45) is 0 Å². The fourth-order valence-corrected chi connectivity index (χ4v) is 4.78. The number of rotatable bonds is 21. The van der Waals surface area contributed by atoms with Crippen molar-refractivity contribution in [3.05, 3.63) is 0 Å². The first kappa shape index (κ1) is 32.5. The zero-order valence-electron chi connectivity index (χ0n) is 19.4. The highest BCUT2D eigenvalue weighted by Gasteiger charge is 2.24. The number of halogens is 1. The summed E-state index contributed by atoms with van der Waals surface area (Å²) in [5, 5.41) is 0. The molecule has 0 heterocycles. The molecule has 0 bridgehead atoms. The predicted octanol–water partition coefficient (Wildman–Crippen LogP) is 4.49. The van der Waals surface area contributed by atoms with E-state index in [1.807, 2.05) is 0 Å². The van der Waals surface area contributed by atoms with Crippen LogP contribution in [0, 0.1) is 0 Å². The highest BCUT2D eigenvalue weighted by Crippen LogP contribution is 2.47. The molecule has 0 rings (SSSR count). The third-order valence-corrected chi connectivity index (χ3v) is 6.93. The Hall–Kier alpha value is 1.36. The number of unbranched alkanes of at least 4 members (excludes halogenated alkanes) is 10. The van der Waals surface area contributed by atoms with E-state index in [1.54, 1.807) is 0 Å². The average molecular weight is 535 g/mol. The molecule has 0 saturated heterocycles. The topological polar surface area (TPSA) is 29.5 Å². The van der Waals surface area contributed by atoms with Crippen molar-refractivity contribution in [1.82, 2.24) is 0 Å². The third-order valence-electron chi connectivity index (χ3n) is 5.74. The van der Waals surface area contributed by atoms with Crippen LogP contribution in [0.2, 0.25) is 0 Å². The van der Waals surface area contributed by atoms with Crippen LogP contribution in [-0.2, 0) is 16.3 Å². The van der Waals surface area contributed by atoms with Crippen LogP contribution in [0.4, 0.5) is 0 Å². The largest absolute Gasteiger partial charge is 1.00 e. The molecule has 1 atom stereocenters. The molecule has 1 N–H and O–H groups in total. The van der Waals surface area contributed by atoms with E-state index in [9.17, 15) is 4.89 Å². The van der Waals surface area contributed by atoms with Gasteiger partial charge in [-0.3, -0.25) is 0 Å². The van der Waals surface area contributed by atoms with Crippen LogP contribution in [0.5, 0.6) is 0 Å². The van der Waals surface area contributed by atoms with Crippen molar-refractivity contribution >= 4 is 29.7 Å². The van der Waals surface area contributed by atoms with Gasteiger partial charge < -0.3 is 30.9 Å². The van der Waals surface area contributed by atoms with Crippen molar-refractivity contribution in [3.8, 4) is 0 Å². The highest BCUT2D eigenvalue weighted by molar-refractivity contribution is 8.59. The van der Waals surface area contributed by atoms with E-state index in [4.69, 9.17) is 16.3 Å². The summed E-state index contributed by atoms with van der Waals surface area (Å²) in [4.78, 5) is 9.31. The second-order valence-electron chi connectivity index (χ2n) is 8.45. The van der Waals surface area contributed by atoms with E-state index in [0.717, 1.165) is 12.8 Å². The lowest BCUT2D eigenvalue weighted by atomic mass is 10.1. The average Bonchev–Trinajstić information content (AvgIpc) is 2.66. The second kappa shape index (κ2) is 21.2. The summed E-state index contributed by atoms with van der Waals surface area (Å²) in [6.45, 7) is 13.1. The van der Waals surface area contributed by atoms with Gasteiger partial charge in [-0.05, 0) is 50.3 Å². The molecular weight excluding hydrogens is 485 g/mol. The van der Waals surface area contributed by atoms with Gasteiger partial charge in [0.1, 0.15) is 0 Å². The van der Waals surface area contributed by atoms with Crippen LogP contribution in [0.25, 0.3) is 0 Å². The summed E-state index contributed by atoms with van der Waals surface area (Å²) in [5.74, 6) is 0. The van der Waals surface area contributed by atoms with Crippen molar-refractivity contribution in [3.63, 3.8) is 0 Å². The first-order valence-corrected chi connectivity index (χ1v) is 15.8. The highest BCUT2D eigenvalue weighted by atomic mass is 79.9. The standard InChI is InChI=1S/C22H48NO2PS2.BrH/c1-4-7-18-23(19-8-5-2,20-9-6-3)21-16-14-12-10-11-13-15-17-22-25-26(24,27)28;/h4-22H2,1-3H3,(H-,24,27,28);1H. The van der Waals surface area contributed by atoms with Crippen molar-refractivity contribution in [2.45, 2.75) is 111 Å². The zero-order chi connectivity index (χ0) is 21.1. The molecule has 0 fully saturated rings. The molecule has 0 aromatic heterocycles. The summed E-state index contributed by atoms with van der Waals surface area (Å²) in [6, 6.07) is 0. The summed E-state index contributed by atoms with van der Waals surface area (Å²) in [7, 11) is 0. The SMILES string of the molecule is CCCC[N+](CCCC)(CCCC)CCCCCCCCCCOP(O)(=S)S.[Br-]. The number of quaternary nitrogens is 1. The number of thiol groups is 1. The quantitative estimate of drug-likeness (QED) is 0.0985. The summed E-state index contributed by atoms with van der Waals surface area (Å²) in [5.41, 5.74) is -2.75. The second-order valence-corrected chi connectivity index (χ2v) is 13.6. The molecule has 0 radical (unpaired) electrons. The number of hydrogen-bond acceptors (Lipinski definition) is 2. The zero-order valence-corrected chi connectivity index (χ0v) is 23.6. The lowest BCUT2D eigenvalue weighted by Crippen LogP contribution is -3.00. The van der Waals surface area contributed by atoms with Gasteiger partial charge in [-0.15, -0.1) is 0 Å². The minimum absolute atomic E-state index is 0. The first-order valence-electron chi connectivity index (χ1n) is 11.9. The lowest BCUT2D eigenvalue weighted by Gasteiger charge is -2.39. The van der Waals surface area contributed by atoms with Crippen molar-refractivity contribution in [2.75, 3.05) is 32.8 Å². The molecular formula is C22H49BrNO2PS2. The Bertz CT molecular complexity index is 375. The smallest absolute Gasteiger partial charge is 0.241 e. The normalized spacial score (nSPS) is 13.8. The monoisotopic (exact) mass is 533 g/mol. The maximum atomic E-state index is 9.31. The molecule has 0 amide bonds. The Balaban J connectivity index is 0. The molecule has 7 heteroatoms. The van der Waals surface area contributed by atoms with Gasteiger partial charge in [0.25, 0.3) is 0 Å². The lowest BCUT2D eigenvalue weighted by molar-refractivity contribution is -0.929. The minimum atomic E-state index is -2.75. The molecule has 3 nitrogen and oxygen atoms in total. The van der Waals surface area contributed by atoms with Gasteiger partial charge in [-0.2, -0.15) is 0 Å². The first-order chi connectivity index (χ1) is 13.4. The van der Waals surface area contributed by atoms with Crippen LogP contribution in [-0.4, -0.2) is 42.2 Å². The Morgan fingerprint density at radius 2 is 1.03 bits per heavy atom. The Morgan fingerprint density at radius 3 is 1.41 bits per heavy atom. The van der Waals surface area contributed by atoms with E-state index in [0.29, 0.717) is 6.61 Å². The van der Waals surface area contributed by atoms with Gasteiger partial charge >= 0.3 is 0 Å². The summed E-state index contributed by atoms with van der Waals surface area (Å²) >= 11 is 8.63. The molecule has 0 aromatic carbocycles. The number of hydrogen-bond donors (Lipinski definition) is 2. The maximum absolute atomic E-state index is 9.31. The molecule has 0 saturated carbocycles. The third kappa shape index (κ3) is 21.0. The number of nitrogens with zero attached hydrogens (tertiary/aromatic N) is 1. The van der Waals surface area contributed by atoms with Crippen LogP contribution in [0.1, 0.15) is 111 Å². The molecule has 178 valence electrons. The Kier molecular flexibility index (Phi) is 23.8. The summed E-state index contributed by atoms with van der Waals surface area (Å²) in [6.07, 6.45) is 18.3. The molecule has 0 aliphatic rings. The molecule has 29 heavy (non-hydrogen) atoms. The molecule has 0 aromatic rings. The van der Waals surface area contributed by atoms with Gasteiger partial charge in [0.15, 0.2) is 0 Å². The van der Waals surface area contributed by atoms with Crippen LogP contribution in [0.3, 0.4) is 0 Å². The minimum Gasteiger partial charge on any atom is -1.00 e. The molecule has 0 aliphatic heterocycles. The Labute approximate surface area is 203 Å². The van der Waals surface area contributed by atoms with E-state index >= 15 is 0 Å². The van der Waals surface area contributed by atoms with Gasteiger partial charge in [-0.25, -0.2) is 0 Å². The van der Waals surface area contributed by atoms with Crippen molar-refractivity contribution in [1.29, 1.82) is 0 Å². The predicted molar refractivity (Wildman–Crippen MR) is 133 cm³/mol. The van der Waals surface area contributed by atoms with E-state index in [2.05, 4.69) is 33.0 Å². The van der Waals surface area contributed by atoms with Crippen LogP contribution < -0.4 is 17.0 Å².